The minimum absolute atomic E-state index is 0.0140. The summed E-state index contributed by atoms with van der Waals surface area (Å²) in [6.07, 6.45) is 0.238. The first-order valence-corrected chi connectivity index (χ1v) is 17.8. The molecule has 4 amide bonds. The number of hydroxylamine groups is 1. The lowest BCUT2D eigenvalue weighted by molar-refractivity contribution is -0.150. The smallest absolute Gasteiger partial charge is 0.408 e. The molecule has 2 atom stereocenters. The van der Waals surface area contributed by atoms with Crippen LogP contribution in [0.3, 0.4) is 0 Å². The van der Waals surface area contributed by atoms with E-state index in [2.05, 4.69) is 31.6 Å². The second-order valence-electron chi connectivity index (χ2n) is 15.0. The van der Waals surface area contributed by atoms with Crippen LogP contribution in [0, 0.1) is 5.92 Å². The number of nitrogens with zero attached hydrogens (tertiary/aromatic N) is 2. The Hall–Kier alpha value is -5.76. The third kappa shape index (κ3) is 10.9. The van der Waals surface area contributed by atoms with Crippen LogP contribution in [0.2, 0.25) is 0 Å². The second kappa shape index (κ2) is 16.9. The van der Waals surface area contributed by atoms with Gasteiger partial charge in [0.05, 0.1) is 24.5 Å². The molecule has 286 valence electrons. The van der Waals surface area contributed by atoms with Crippen LogP contribution >= 0.6 is 0 Å². The average molecular weight is 741 g/mol. The Labute approximate surface area is 314 Å². The van der Waals surface area contributed by atoms with Crippen molar-refractivity contribution >= 4 is 24.0 Å². The fraction of sp³-hybridized carbons (Fsp3) is 0.400. The van der Waals surface area contributed by atoms with Crippen LogP contribution in [0.15, 0.2) is 95.5 Å². The monoisotopic (exact) mass is 740 g/mol. The number of carbonyl (C=O) groups is 4. The van der Waals surface area contributed by atoms with Gasteiger partial charge in [-0.1, -0.05) is 96.2 Å². The van der Waals surface area contributed by atoms with Crippen molar-refractivity contribution in [3.63, 3.8) is 0 Å². The molecule has 5 rings (SSSR count). The van der Waals surface area contributed by atoms with Crippen molar-refractivity contribution < 1.29 is 38.0 Å². The molecule has 1 aromatic heterocycles. The first kappa shape index (κ1) is 39.4. The van der Waals surface area contributed by atoms with E-state index >= 15 is 0 Å². The Morgan fingerprint density at radius 2 is 1.30 bits per heavy atom. The summed E-state index contributed by atoms with van der Waals surface area (Å²) in [4.78, 5) is 62.0. The van der Waals surface area contributed by atoms with Gasteiger partial charge < -0.3 is 34.8 Å². The van der Waals surface area contributed by atoms with Crippen LogP contribution in [-0.2, 0) is 29.4 Å². The lowest BCUT2D eigenvalue weighted by atomic mass is 9.77. The minimum atomic E-state index is -1.23. The van der Waals surface area contributed by atoms with E-state index in [-0.39, 0.29) is 30.7 Å². The van der Waals surface area contributed by atoms with E-state index in [0.717, 1.165) is 16.7 Å². The molecule has 54 heavy (non-hydrogen) atoms. The summed E-state index contributed by atoms with van der Waals surface area (Å²) < 4.78 is 17.0. The Morgan fingerprint density at radius 1 is 0.759 bits per heavy atom. The second-order valence-corrected chi connectivity index (χ2v) is 15.0. The van der Waals surface area contributed by atoms with E-state index in [1.165, 1.54) is 0 Å². The molecule has 0 unspecified atom stereocenters. The molecule has 1 fully saturated rings. The number of amides is 4. The summed E-state index contributed by atoms with van der Waals surface area (Å²) >= 11 is 0. The highest BCUT2D eigenvalue weighted by Gasteiger charge is 2.39. The number of rotatable bonds is 13. The first-order chi connectivity index (χ1) is 25.6. The van der Waals surface area contributed by atoms with Gasteiger partial charge in [0.1, 0.15) is 23.2 Å². The van der Waals surface area contributed by atoms with E-state index in [0.29, 0.717) is 12.8 Å². The van der Waals surface area contributed by atoms with Crippen molar-refractivity contribution in [3.05, 3.63) is 119 Å². The van der Waals surface area contributed by atoms with Crippen LogP contribution in [0.5, 0.6) is 0 Å². The van der Waals surface area contributed by atoms with Crippen molar-refractivity contribution in [1.29, 1.82) is 0 Å². The van der Waals surface area contributed by atoms with Crippen molar-refractivity contribution in [2.45, 2.75) is 89.6 Å². The molecule has 1 aliphatic carbocycles. The Morgan fingerprint density at radius 3 is 1.78 bits per heavy atom. The number of hydrogen-bond donors (Lipinski definition) is 4. The summed E-state index contributed by atoms with van der Waals surface area (Å²) in [7, 11) is 0. The van der Waals surface area contributed by atoms with Crippen LogP contribution < -0.4 is 21.4 Å². The Balaban J connectivity index is 1.47. The maximum Gasteiger partial charge on any atom is 0.408 e. The molecule has 1 saturated carbocycles. The number of nitrogens with one attached hydrogen (secondary N) is 4. The minimum Gasteiger partial charge on any atom is -0.444 e. The summed E-state index contributed by atoms with van der Waals surface area (Å²) in [5.41, 5.74) is 1.96. The predicted octanol–water partition coefficient (Wildman–Crippen LogP) is 6.16. The van der Waals surface area contributed by atoms with Crippen LogP contribution in [0.4, 0.5) is 9.59 Å². The van der Waals surface area contributed by atoms with Crippen LogP contribution in [0.1, 0.15) is 101 Å². The van der Waals surface area contributed by atoms with Gasteiger partial charge in [-0.3, -0.25) is 4.79 Å². The Bertz CT molecular complexity index is 1770. The molecule has 1 heterocycles. The molecule has 4 aromatic rings. The zero-order valence-electron chi connectivity index (χ0n) is 31.4. The topological polar surface area (TPSA) is 183 Å². The number of hydrogen-bond acceptors (Lipinski definition) is 10. The highest BCUT2D eigenvalue weighted by atomic mass is 16.7. The lowest BCUT2D eigenvalue weighted by Crippen LogP contribution is -2.49. The molecule has 0 spiro atoms. The fourth-order valence-corrected chi connectivity index (χ4v) is 5.61. The number of ether oxygens (including phenoxy) is 2. The van der Waals surface area contributed by atoms with Gasteiger partial charge >= 0.3 is 18.1 Å². The van der Waals surface area contributed by atoms with Crippen molar-refractivity contribution in [1.82, 2.24) is 31.6 Å². The van der Waals surface area contributed by atoms with Crippen LogP contribution in [-0.4, -0.2) is 52.0 Å². The van der Waals surface area contributed by atoms with Gasteiger partial charge in [-0.05, 0) is 71.1 Å². The quantitative estimate of drug-likeness (QED) is 0.0915. The maximum atomic E-state index is 14.4. The highest BCUT2D eigenvalue weighted by Crippen LogP contribution is 2.37. The normalized spacial score (nSPS) is 14.3. The number of alkyl carbamates (subject to hydrolysis) is 1. The van der Waals surface area contributed by atoms with Gasteiger partial charge in [-0.15, -0.1) is 0 Å². The van der Waals surface area contributed by atoms with Gasteiger partial charge in [0.2, 0.25) is 11.8 Å². The van der Waals surface area contributed by atoms with Crippen LogP contribution in [0.25, 0.3) is 0 Å². The SMILES string of the molecule is CC(C)(C)OC[C@H](NC(=O)OC(C)(C)C)c1noc([C@H](CC(=O)NC(c2ccccc2)(c2ccccc2)c2ccccc2)NC(=O)NOC(=O)C2CC2)n1. The van der Waals surface area contributed by atoms with Crippen molar-refractivity contribution in [2.24, 2.45) is 5.92 Å². The summed E-state index contributed by atoms with van der Waals surface area (Å²) in [5, 5.41) is 12.7. The first-order valence-electron chi connectivity index (χ1n) is 17.8. The predicted molar refractivity (Wildman–Crippen MR) is 197 cm³/mol. The summed E-state index contributed by atoms with van der Waals surface area (Å²) in [6.45, 7) is 10.7. The summed E-state index contributed by atoms with van der Waals surface area (Å²) in [5.74, 6) is -1.46. The van der Waals surface area contributed by atoms with Gasteiger partial charge in [-0.2, -0.15) is 10.5 Å². The zero-order valence-corrected chi connectivity index (χ0v) is 31.4. The van der Waals surface area contributed by atoms with Crippen molar-refractivity contribution in [2.75, 3.05) is 6.61 Å². The molecular formula is C40H48N6O8. The molecule has 0 radical (unpaired) electrons. The van der Waals surface area contributed by atoms with E-state index < -0.39 is 52.8 Å². The fourth-order valence-electron chi connectivity index (χ4n) is 5.61. The van der Waals surface area contributed by atoms with Crippen molar-refractivity contribution in [3.8, 4) is 0 Å². The van der Waals surface area contributed by atoms with E-state index in [9.17, 15) is 19.2 Å². The molecule has 14 heteroatoms. The largest absolute Gasteiger partial charge is 0.444 e. The molecule has 0 aliphatic heterocycles. The molecule has 4 N–H and O–H groups in total. The van der Waals surface area contributed by atoms with Gasteiger partial charge in [0.15, 0.2) is 5.82 Å². The number of carbonyl (C=O) groups excluding carboxylic acids is 4. The Kier molecular flexibility index (Phi) is 12.4. The average Bonchev–Trinajstić information content (AvgIpc) is 3.87. The standard InChI is InChI=1S/C40H48N6O8/c1-38(2,3)51-25-31(42-37(50)52-39(4,5)6)33-43-34(53-45-33)30(41-36(49)46-54-35(48)26-22-23-26)24-32(47)44-40(27-16-10-7-11-17-27,28-18-12-8-13-19-28)29-20-14-9-15-21-29/h7-21,26,30-31H,22-25H2,1-6H3,(H,42,50)(H,44,47)(H2,41,46,49)/t30-,31-/m0/s1. The van der Waals surface area contributed by atoms with E-state index in [1.807, 2.05) is 112 Å². The lowest BCUT2D eigenvalue weighted by Gasteiger charge is -2.37. The van der Waals surface area contributed by atoms with E-state index in [4.69, 9.17) is 18.8 Å². The summed E-state index contributed by atoms with van der Waals surface area (Å²) in [6, 6.07) is 25.6. The molecule has 1 aliphatic rings. The molecule has 14 nitrogen and oxygen atoms in total. The van der Waals surface area contributed by atoms with Gasteiger partial charge in [0.25, 0.3) is 0 Å². The van der Waals surface area contributed by atoms with E-state index in [1.54, 1.807) is 20.8 Å². The molecular weight excluding hydrogens is 692 g/mol. The maximum absolute atomic E-state index is 14.4. The molecule has 0 saturated heterocycles. The highest BCUT2D eigenvalue weighted by molar-refractivity contribution is 5.82. The molecule has 3 aromatic carbocycles. The molecule has 0 bridgehead atoms. The van der Waals surface area contributed by atoms with Gasteiger partial charge in [0, 0.05) is 0 Å². The van der Waals surface area contributed by atoms with Gasteiger partial charge in [-0.25, -0.2) is 14.4 Å². The number of aromatic nitrogens is 2. The third-order valence-corrected chi connectivity index (χ3v) is 8.24. The third-order valence-electron chi connectivity index (χ3n) is 8.24. The number of urea groups is 1. The zero-order chi connectivity index (χ0) is 38.9. The number of benzene rings is 3.